The molecule has 0 saturated heterocycles. The van der Waals surface area contributed by atoms with Crippen LogP contribution in [-0.2, 0) is 0 Å². The molecule has 1 aromatic carbocycles. The van der Waals surface area contributed by atoms with Gasteiger partial charge in [0.25, 0.3) is 0 Å². The molecule has 0 bridgehead atoms. The number of rotatable bonds is 1. The van der Waals surface area contributed by atoms with Crippen LogP contribution in [0.25, 0.3) is 0 Å². The number of ketones is 2. The molecule has 1 aromatic heterocycles. The fourth-order valence-corrected chi connectivity index (χ4v) is 2.38. The van der Waals surface area contributed by atoms with Gasteiger partial charge in [0.2, 0.25) is 5.78 Å². The van der Waals surface area contributed by atoms with E-state index in [1.807, 2.05) is 0 Å². The maximum atomic E-state index is 12.4. The average molecular weight is 274 g/mol. The monoisotopic (exact) mass is 274 g/mol. The molecule has 6 nitrogen and oxygen atoms in total. The summed E-state index contributed by atoms with van der Waals surface area (Å²) < 4.78 is 5.09. The molecule has 0 amide bonds. The number of hydrogen-bond acceptors (Lipinski definition) is 6. The lowest BCUT2D eigenvalue weighted by Gasteiger charge is -2.16. The molecule has 1 atom stereocenters. The van der Waals surface area contributed by atoms with Gasteiger partial charge >= 0.3 is 0 Å². The van der Waals surface area contributed by atoms with Crippen molar-refractivity contribution in [1.29, 1.82) is 0 Å². The first kappa shape index (κ1) is 12.4. The van der Waals surface area contributed by atoms with Gasteiger partial charge in [-0.25, -0.2) is 0 Å². The van der Waals surface area contributed by atoms with Gasteiger partial charge in [0.1, 0.15) is 29.6 Å². The van der Waals surface area contributed by atoms with Crippen molar-refractivity contribution < 1.29 is 29.3 Å². The SMILES string of the molecule is CC(O)c1occ2c1C(=O)c1cc(O)cc(O)c1C2=O. The van der Waals surface area contributed by atoms with Crippen molar-refractivity contribution in [3.8, 4) is 11.5 Å². The summed E-state index contributed by atoms with van der Waals surface area (Å²) >= 11 is 0. The van der Waals surface area contributed by atoms with Crippen LogP contribution in [0, 0.1) is 0 Å². The highest BCUT2D eigenvalue weighted by molar-refractivity contribution is 6.29. The molecule has 6 heteroatoms. The van der Waals surface area contributed by atoms with E-state index in [1.165, 1.54) is 6.92 Å². The Labute approximate surface area is 112 Å². The summed E-state index contributed by atoms with van der Waals surface area (Å²) in [6.07, 6.45) is 0.0373. The van der Waals surface area contributed by atoms with Gasteiger partial charge in [-0.1, -0.05) is 0 Å². The zero-order valence-electron chi connectivity index (χ0n) is 10.4. The number of furan rings is 1. The minimum absolute atomic E-state index is 0.000565. The van der Waals surface area contributed by atoms with Crippen molar-refractivity contribution in [2.24, 2.45) is 0 Å². The highest BCUT2D eigenvalue weighted by atomic mass is 16.4. The lowest BCUT2D eigenvalue weighted by molar-refractivity contribution is 0.0972. The van der Waals surface area contributed by atoms with E-state index in [9.17, 15) is 24.9 Å². The molecule has 3 rings (SSSR count). The number of hydrogen-bond donors (Lipinski definition) is 3. The lowest BCUT2D eigenvalue weighted by atomic mass is 9.84. The normalized spacial score (nSPS) is 14.9. The quantitative estimate of drug-likeness (QED) is 0.621. The number of aliphatic hydroxyl groups is 1. The summed E-state index contributed by atoms with van der Waals surface area (Å²) in [6.45, 7) is 1.41. The van der Waals surface area contributed by atoms with Crippen molar-refractivity contribution in [3.63, 3.8) is 0 Å². The molecule has 0 aliphatic heterocycles. The molecule has 3 N–H and O–H groups in total. The number of benzene rings is 1. The molecule has 1 aliphatic rings. The predicted octanol–water partition coefficient (Wildman–Crippen LogP) is 1.52. The van der Waals surface area contributed by atoms with E-state index in [2.05, 4.69) is 0 Å². The minimum atomic E-state index is -1.05. The first-order chi connectivity index (χ1) is 9.41. The maximum Gasteiger partial charge on any atom is 0.201 e. The Morgan fingerprint density at radius 1 is 1.05 bits per heavy atom. The third-order valence-electron chi connectivity index (χ3n) is 3.24. The van der Waals surface area contributed by atoms with Crippen LogP contribution in [0.1, 0.15) is 50.6 Å². The molecule has 0 radical (unpaired) electrons. The van der Waals surface area contributed by atoms with Crippen molar-refractivity contribution in [2.45, 2.75) is 13.0 Å². The second kappa shape index (κ2) is 3.94. The van der Waals surface area contributed by atoms with E-state index in [1.54, 1.807) is 0 Å². The summed E-state index contributed by atoms with van der Waals surface area (Å²) in [7, 11) is 0. The van der Waals surface area contributed by atoms with E-state index in [-0.39, 0.29) is 33.8 Å². The van der Waals surface area contributed by atoms with Crippen molar-refractivity contribution >= 4 is 11.6 Å². The van der Waals surface area contributed by atoms with Gasteiger partial charge in [-0.3, -0.25) is 9.59 Å². The van der Waals surface area contributed by atoms with Crippen LogP contribution in [-0.4, -0.2) is 26.9 Å². The largest absolute Gasteiger partial charge is 0.508 e. The third kappa shape index (κ3) is 1.48. The van der Waals surface area contributed by atoms with Crippen LogP contribution in [0.4, 0.5) is 0 Å². The first-order valence-electron chi connectivity index (χ1n) is 5.86. The van der Waals surface area contributed by atoms with Crippen LogP contribution >= 0.6 is 0 Å². The van der Waals surface area contributed by atoms with E-state index < -0.39 is 23.4 Å². The summed E-state index contributed by atoms with van der Waals surface area (Å²) in [5, 5.41) is 28.8. The van der Waals surface area contributed by atoms with Gasteiger partial charge in [-0.15, -0.1) is 0 Å². The molecule has 20 heavy (non-hydrogen) atoms. The smallest absolute Gasteiger partial charge is 0.201 e. The Balaban J connectivity index is 2.33. The number of aliphatic hydroxyl groups excluding tert-OH is 1. The number of carbonyl (C=O) groups excluding carboxylic acids is 2. The number of phenolic OH excluding ortho intramolecular Hbond substituents is 2. The molecule has 0 fully saturated rings. The van der Waals surface area contributed by atoms with Crippen LogP contribution in [0.3, 0.4) is 0 Å². The highest BCUT2D eigenvalue weighted by Crippen LogP contribution is 2.38. The number of carbonyl (C=O) groups is 2. The fourth-order valence-electron chi connectivity index (χ4n) is 2.38. The van der Waals surface area contributed by atoms with Crippen molar-refractivity contribution in [2.75, 3.05) is 0 Å². The Kier molecular flexibility index (Phi) is 2.45. The van der Waals surface area contributed by atoms with Crippen molar-refractivity contribution in [3.05, 3.63) is 46.4 Å². The Morgan fingerprint density at radius 2 is 1.70 bits per heavy atom. The highest BCUT2D eigenvalue weighted by Gasteiger charge is 2.37. The van der Waals surface area contributed by atoms with Gasteiger partial charge in [-0.05, 0) is 13.0 Å². The predicted molar refractivity (Wildman–Crippen MR) is 66.0 cm³/mol. The molecule has 102 valence electrons. The van der Waals surface area contributed by atoms with Crippen LogP contribution in [0.15, 0.2) is 22.8 Å². The van der Waals surface area contributed by atoms with Gasteiger partial charge in [0, 0.05) is 11.6 Å². The molecule has 1 unspecified atom stereocenters. The van der Waals surface area contributed by atoms with E-state index in [4.69, 9.17) is 4.42 Å². The number of fused-ring (bicyclic) bond motifs is 2. The second-order valence-corrected chi connectivity index (χ2v) is 4.61. The molecule has 2 aromatic rings. The molecule has 0 spiro atoms. The first-order valence-corrected chi connectivity index (χ1v) is 5.86. The Bertz CT molecular complexity index is 753. The zero-order chi connectivity index (χ0) is 14.6. The Morgan fingerprint density at radius 3 is 2.35 bits per heavy atom. The van der Waals surface area contributed by atoms with Gasteiger partial charge < -0.3 is 19.7 Å². The van der Waals surface area contributed by atoms with E-state index in [0.29, 0.717) is 0 Å². The standard InChI is InChI=1S/C14H10O6/c1-5(15)14-11-8(4-20-14)13(19)10-7(12(11)18)2-6(16)3-9(10)17/h2-5,15-17H,1H3. The van der Waals surface area contributed by atoms with Gasteiger partial charge in [0.05, 0.1) is 16.7 Å². The fraction of sp³-hybridized carbons (Fsp3) is 0.143. The van der Waals surface area contributed by atoms with Gasteiger partial charge in [0.15, 0.2) is 5.78 Å². The molecule has 1 aliphatic carbocycles. The van der Waals surface area contributed by atoms with Gasteiger partial charge in [-0.2, -0.15) is 0 Å². The summed E-state index contributed by atoms with van der Waals surface area (Å²) in [6, 6.07) is 2.10. The Hall–Kier alpha value is -2.60. The van der Waals surface area contributed by atoms with Crippen LogP contribution in [0.2, 0.25) is 0 Å². The van der Waals surface area contributed by atoms with Crippen molar-refractivity contribution in [1.82, 2.24) is 0 Å². The lowest BCUT2D eigenvalue weighted by Crippen LogP contribution is -2.21. The second-order valence-electron chi connectivity index (χ2n) is 4.61. The summed E-state index contributed by atoms with van der Waals surface area (Å²) in [5.41, 5.74) is -0.302. The van der Waals surface area contributed by atoms with E-state index in [0.717, 1.165) is 18.4 Å². The zero-order valence-corrected chi connectivity index (χ0v) is 10.4. The maximum absolute atomic E-state index is 12.4. The minimum Gasteiger partial charge on any atom is -0.508 e. The molecule has 0 saturated carbocycles. The van der Waals surface area contributed by atoms with Crippen LogP contribution in [0.5, 0.6) is 11.5 Å². The number of aromatic hydroxyl groups is 2. The molecule has 1 heterocycles. The summed E-state index contributed by atoms with van der Waals surface area (Å²) in [5.74, 6) is -1.96. The van der Waals surface area contributed by atoms with Crippen LogP contribution < -0.4 is 0 Å². The summed E-state index contributed by atoms with van der Waals surface area (Å²) in [4.78, 5) is 24.7. The number of phenols is 2. The topological polar surface area (TPSA) is 108 Å². The van der Waals surface area contributed by atoms with E-state index >= 15 is 0 Å². The molecular weight excluding hydrogens is 264 g/mol. The molecular formula is C14H10O6. The third-order valence-corrected chi connectivity index (χ3v) is 3.24. The average Bonchev–Trinajstić information content (AvgIpc) is 2.80.